The van der Waals surface area contributed by atoms with Gasteiger partial charge in [0.2, 0.25) is 0 Å². The van der Waals surface area contributed by atoms with Gasteiger partial charge in [0.15, 0.2) is 5.78 Å². The average Bonchev–Trinajstić information content (AvgIpc) is 2.30. The number of ketones is 1. The summed E-state index contributed by atoms with van der Waals surface area (Å²) in [6, 6.07) is 0. The molecule has 0 amide bonds. The van der Waals surface area contributed by atoms with Gasteiger partial charge in [0.25, 0.3) is 0 Å². The zero-order valence-electron chi connectivity index (χ0n) is 11.3. The molecule has 0 saturated heterocycles. The normalized spacial score (nSPS) is 14.1. The molecule has 17 heavy (non-hydrogen) atoms. The summed E-state index contributed by atoms with van der Waals surface area (Å²) in [4.78, 5) is 12.0. The molecule has 2 heteroatoms. The van der Waals surface area contributed by atoms with Crippen molar-refractivity contribution in [2.24, 2.45) is 0 Å². The van der Waals surface area contributed by atoms with Crippen molar-refractivity contribution >= 4 is 21.7 Å². The lowest BCUT2D eigenvalue weighted by atomic mass is 9.99. The van der Waals surface area contributed by atoms with Crippen LogP contribution in [0.1, 0.15) is 53.4 Å². The van der Waals surface area contributed by atoms with Gasteiger partial charge in [-0.05, 0) is 31.2 Å². The van der Waals surface area contributed by atoms with Crippen molar-refractivity contribution < 1.29 is 4.79 Å². The summed E-state index contributed by atoms with van der Waals surface area (Å²) in [7, 11) is 0. The van der Waals surface area contributed by atoms with Crippen LogP contribution in [0.2, 0.25) is 0 Å². The fourth-order valence-electron chi connectivity index (χ4n) is 1.41. The van der Waals surface area contributed by atoms with Gasteiger partial charge in [0.05, 0.1) is 0 Å². The van der Waals surface area contributed by atoms with Gasteiger partial charge >= 0.3 is 0 Å². The Morgan fingerprint density at radius 3 is 2.35 bits per heavy atom. The molecule has 0 radical (unpaired) electrons. The molecule has 0 aliphatic carbocycles. The van der Waals surface area contributed by atoms with Gasteiger partial charge < -0.3 is 0 Å². The van der Waals surface area contributed by atoms with Crippen molar-refractivity contribution in [1.29, 1.82) is 0 Å². The summed E-state index contributed by atoms with van der Waals surface area (Å²) in [5.74, 6) is 0.267. The Bertz CT molecular complexity index is 331. The Hall–Kier alpha value is -0.630. The summed E-state index contributed by atoms with van der Waals surface area (Å²) < 4.78 is 1.06. The van der Waals surface area contributed by atoms with Crippen LogP contribution < -0.4 is 0 Å². The highest BCUT2D eigenvalue weighted by Gasteiger charge is 2.08. The van der Waals surface area contributed by atoms with E-state index in [4.69, 9.17) is 0 Å². The lowest BCUT2D eigenvalue weighted by Gasteiger charge is -2.05. The molecule has 0 atom stereocenters. The van der Waals surface area contributed by atoms with E-state index in [0.29, 0.717) is 6.42 Å². The lowest BCUT2D eigenvalue weighted by Crippen LogP contribution is -2.02. The maximum Gasteiger partial charge on any atom is 0.162 e. The zero-order chi connectivity index (χ0) is 13.3. The van der Waals surface area contributed by atoms with Gasteiger partial charge in [-0.1, -0.05) is 60.0 Å². The van der Waals surface area contributed by atoms with Crippen molar-refractivity contribution in [3.05, 3.63) is 33.9 Å². The molecule has 0 spiro atoms. The molecule has 0 aromatic carbocycles. The van der Waals surface area contributed by atoms with Crippen molar-refractivity contribution in [1.82, 2.24) is 0 Å². The number of Topliss-reactive ketones (excluding diaryl/α,β-unsaturated/α-hetero) is 1. The van der Waals surface area contributed by atoms with Gasteiger partial charge in [-0.2, -0.15) is 0 Å². The highest BCUT2D eigenvalue weighted by atomic mass is 79.9. The Labute approximate surface area is 114 Å². The highest BCUT2D eigenvalue weighted by molar-refractivity contribution is 9.11. The van der Waals surface area contributed by atoms with Crippen LogP contribution in [0.3, 0.4) is 0 Å². The maximum absolute atomic E-state index is 12.0. The smallest absolute Gasteiger partial charge is 0.162 e. The first kappa shape index (κ1) is 16.4. The predicted molar refractivity (Wildman–Crippen MR) is 79.3 cm³/mol. The molecule has 1 nitrogen and oxygen atoms in total. The van der Waals surface area contributed by atoms with Crippen LogP contribution in [0.25, 0.3) is 0 Å². The Morgan fingerprint density at radius 1 is 1.24 bits per heavy atom. The number of allylic oxidation sites excluding steroid dienone is 6. The van der Waals surface area contributed by atoms with Crippen LogP contribution >= 0.6 is 15.9 Å². The first-order chi connectivity index (χ1) is 8.02. The number of carbonyl (C=O) groups excluding carboxylic acids is 1. The third kappa shape index (κ3) is 7.32. The van der Waals surface area contributed by atoms with E-state index < -0.39 is 0 Å². The van der Waals surface area contributed by atoms with E-state index >= 15 is 0 Å². The molecule has 0 aliphatic heterocycles. The second-order valence-electron chi connectivity index (χ2n) is 4.19. The van der Waals surface area contributed by atoms with E-state index in [-0.39, 0.29) is 5.78 Å². The van der Waals surface area contributed by atoms with Crippen LogP contribution in [0.15, 0.2) is 33.9 Å². The molecule has 0 N–H and O–H groups in total. The van der Waals surface area contributed by atoms with Gasteiger partial charge in [0.1, 0.15) is 0 Å². The van der Waals surface area contributed by atoms with E-state index in [1.165, 1.54) is 5.57 Å². The molecule has 0 heterocycles. The summed E-state index contributed by atoms with van der Waals surface area (Å²) in [5, 5.41) is 0. The zero-order valence-corrected chi connectivity index (χ0v) is 12.9. The second-order valence-corrected chi connectivity index (χ2v) is 5.44. The molecule has 0 rings (SSSR count). The second kappa shape index (κ2) is 9.41. The van der Waals surface area contributed by atoms with E-state index in [1.54, 1.807) is 0 Å². The molecular weight excluding hydrogens is 276 g/mol. The van der Waals surface area contributed by atoms with Crippen molar-refractivity contribution in [2.45, 2.75) is 53.4 Å². The Morgan fingerprint density at radius 2 is 1.88 bits per heavy atom. The average molecular weight is 299 g/mol. The van der Waals surface area contributed by atoms with Crippen molar-refractivity contribution in [2.75, 3.05) is 0 Å². The fourth-order valence-corrected chi connectivity index (χ4v) is 1.57. The minimum atomic E-state index is 0.267. The van der Waals surface area contributed by atoms with E-state index in [2.05, 4.69) is 29.8 Å². The molecule has 0 aromatic heterocycles. The molecule has 0 fully saturated rings. The van der Waals surface area contributed by atoms with Crippen LogP contribution in [-0.4, -0.2) is 5.78 Å². The van der Waals surface area contributed by atoms with Crippen LogP contribution in [0, 0.1) is 0 Å². The lowest BCUT2D eigenvalue weighted by molar-refractivity contribution is -0.115. The SMILES string of the molecule is CCCCC(=O)C(/C=C\C=C(/C)Br)=C(\C)CC. The predicted octanol–water partition coefficient (Wildman–Crippen LogP) is 5.33. The molecule has 0 aliphatic rings. The van der Waals surface area contributed by atoms with Gasteiger partial charge in [0, 0.05) is 12.0 Å². The number of unbranched alkanes of at least 4 members (excludes halogenated alkanes) is 1. The van der Waals surface area contributed by atoms with Crippen LogP contribution in [0.4, 0.5) is 0 Å². The Kier molecular flexibility index (Phi) is 9.06. The maximum atomic E-state index is 12.0. The van der Waals surface area contributed by atoms with E-state index in [9.17, 15) is 4.79 Å². The fraction of sp³-hybridized carbons (Fsp3) is 0.533. The van der Waals surface area contributed by atoms with E-state index in [0.717, 1.165) is 29.3 Å². The Balaban J connectivity index is 4.85. The van der Waals surface area contributed by atoms with Gasteiger partial charge in [-0.3, -0.25) is 4.79 Å². The molecular formula is C15H23BrO. The summed E-state index contributed by atoms with van der Waals surface area (Å²) >= 11 is 3.37. The number of rotatable bonds is 7. The third-order valence-electron chi connectivity index (χ3n) is 2.64. The topological polar surface area (TPSA) is 17.1 Å². The number of carbonyl (C=O) groups is 1. The first-order valence-electron chi connectivity index (χ1n) is 6.26. The van der Waals surface area contributed by atoms with Crippen molar-refractivity contribution in [3.8, 4) is 0 Å². The third-order valence-corrected chi connectivity index (χ3v) is 2.90. The minimum absolute atomic E-state index is 0.267. The molecule has 96 valence electrons. The standard InChI is InChI=1S/C15H23BrO/c1-5-7-11-15(17)14(12(3)6-2)10-8-9-13(4)16/h8-10H,5-7,11H2,1-4H3/b10-8-,13-9+,14-12+. The van der Waals surface area contributed by atoms with Crippen LogP contribution in [-0.2, 0) is 4.79 Å². The summed E-state index contributed by atoms with van der Waals surface area (Å²) in [5.41, 5.74) is 2.05. The number of hydrogen-bond donors (Lipinski definition) is 0. The van der Waals surface area contributed by atoms with Crippen LogP contribution in [0.5, 0.6) is 0 Å². The summed E-state index contributed by atoms with van der Waals surface area (Å²) in [6.07, 6.45) is 9.44. The number of halogens is 1. The van der Waals surface area contributed by atoms with Crippen molar-refractivity contribution in [3.63, 3.8) is 0 Å². The minimum Gasteiger partial charge on any atom is -0.294 e. The van der Waals surface area contributed by atoms with Gasteiger partial charge in [-0.15, -0.1) is 0 Å². The molecule has 0 saturated carbocycles. The van der Waals surface area contributed by atoms with E-state index in [1.807, 2.05) is 32.1 Å². The summed E-state index contributed by atoms with van der Waals surface area (Å²) in [6.45, 7) is 8.20. The largest absolute Gasteiger partial charge is 0.294 e. The molecule has 0 bridgehead atoms. The molecule has 0 aromatic rings. The van der Waals surface area contributed by atoms with Gasteiger partial charge in [-0.25, -0.2) is 0 Å². The highest BCUT2D eigenvalue weighted by Crippen LogP contribution is 2.15. The molecule has 0 unspecified atom stereocenters. The quantitative estimate of drug-likeness (QED) is 0.459. The number of hydrogen-bond acceptors (Lipinski definition) is 1. The first-order valence-corrected chi connectivity index (χ1v) is 7.05. The monoisotopic (exact) mass is 298 g/mol.